The quantitative estimate of drug-likeness (QED) is 0.121. The minimum absolute atomic E-state index is 0.0393. The van der Waals surface area contributed by atoms with E-state index in [1.165, 1.54) is 29.3 Å². The Balaban J connectivity index is 0.677. The third-order valence-electron chi connectivity index (χ3n) is 18.7. The molecule has 2 aliphatic carbocycles. The Morgan fingerprint density at radius 2 is 1.62 bits per heavy atom. The van der Waals surface area contributed by atoms with Gasteiger partial charge in [0.1, 0.15) is 23.7 Å². The van der Waals surface area contributed by atoms with E-state index in [0.717, 1.165) is 125 Å². The van der Waals surface area contributed by atoms with Gasteiger partial charge in [-0.1, -0.05) is 118 Å². The number of ether oxygens (including phenoxy) is 1. The summed E-state index contributed by atoms with van der Waals surface area (Å²) in [7, 11) is 0. The first-order valence-electron chi connectivity index (χ1n) is 29.2. The molecule has 2 amide bonds. The molecule has 1 spiro atoms. The Morgan fingerprint density at radius 3 is 2.35 bits per heavy atom. The fourth-order valence-electron chi connectivity index (χ4n) is 14.5. The van der Waals surface area contributed by atoms with Gasteiger partial charge in [-0.2, -0.15) is 4.98 Å². The lowest BCUT2D eigenvalue weighted by molar-refractivity contribution is -0.144. The number of carbonyl (C=O) groups is 2. The first-order chi connectivity index (χ1) is 38.2. The number of β-amino-alcohol motifs (C(OH)–C–C–N with tert-alkyl or cyclic N) is 1. The molecule has 2 aromatic heterocycles. The molecule has 0 radical (unpaired) electrons. The maximum Gasteiger partial charge on any atom is 0.282 e. The number of rotatable bonds is 12. The maximum absolute atomic E-state index is 14.9. The van der Waals surface area contributed by atoms with Crippen molar-refractivity contribution in [3.63, 3.8) is 0 Å². The molecule has 4 aliphatic heterocycles. The number of aliphatic hydroxyl groups is 1. The number of piperidine rings is 1. The highest BCUT2D eigenvalue weighted by Gasteiger charge is 2.48. The van der Waals surface area contributed by atoms with Crippen LogP contribution in [0.5, 0.6) is 0 Å². The molecule has 0 unspecified atom stereocenters. The minimum atomic E-state index is -0.888. The standard InChI is InChI=1S/C63H75ClFN9O5/c1-62(2,3)57(60(78)72-37-46(75)35-55(72)58(76)66-51(38-71-30-32-79-33-31-71)43-20-18-42(19-21-43)47-10-5-6-12-50(47)65)73-39-52(68-69-73)44-16-14-40(15-17-44)36-70-28-24-41(25-29-70)45-22-23-48-54(34-45)74-53-13-9-11-49(64)56(53)59(77)67-61(74)63(48)26-7-4-8-27-63/h5-6,9-13,18-23,34,39-41,44,46,51,55,57,75H,4,7-8,14-17,24-33,35-38H2,1-3H3,(H,66,76)/t40?,44?,46-,51+,55+,57-/m1/s1. The molecule has 79 heavy (non-hydrogen) atoms. The normalized spacial score (nSPS) is 23.6. The van der Waals surface area contributed by atoms with Crippen molar-refractivity contribution in [2.75, 3.05) is 59.0 Å². The maximum atomic E-state index is 14.9. The molecule has 12 rings (SSSR count). The largest absolute Gasteiger partial charge is 0.391 e. The highest BCUT2D eigenvalue weighted by Crippen LogP contribution is 2.52. The van der Waals surface area contributed by atoms with Crippen LogP contribution in [0, 0.1) is 17.2 Å². The van der Waals surface area contributed by atoms with Crippen molar-refractivity contribution in [2.45, 2.75) is 139 Å². The van der Waals surface area contributed by atoms with Gasteiger partial charge in [-0.15, -0.1) is 5.10 Å². The number of benzene rings is 4. The zero-order valence-electron chi connectivity index (χ0n) is 46.0. The van der Waals surface area contributed by atoms with E-state index in [2.05, 4.69) is 43.1 Å². The molecule has 0 bridgehead atoms. The van der Waals surface area contributed by atoms with E-state index in [0.29, 0.717) is 47.6 Å². The topological polar surface area (TPSA) is 151 Å². The van der Waals surface area contributed by atoms with E-state index in [-0.39, 0.29) is 47.5 Å². The summed E-state index contributed by atoms with van der Waals surface area (Å²) in [5.41, 5.74) is 6.64. The molecule has 6 heterocycles. The van der Waals surface area contributed by atoms with Crippen LogP contribution in [0.4, 0.5) is 4.39 Å². The van der Waals surface area contributed by atoms with Crippen LogP contribution in [-0.4, -0.2) is 127 Å². The van der Waals surface area contributed by atoms with Crippen molar-refractivity contribution in [2.24, 2.45) is 11.3 Å². The Hall–Kier alpha value is -5.84. The molecular weight excluding hydrogens is 1020 g/mol. The fourth-order valence-corrected chi connectivity index (χ4v) is 14.7. The van der Waals surface area contributed by atoms with Crippen LogP contribution >= 0.6 is 11.6 Å². The number of hydrogen-bond acceptors (Lipinski definition) is 10. The van der Waals surface area contributed by atoms with Gasteiger partial charge in [0, 0.05) is 56.8 Å². The lowest BCUT2D eigenvalue weighted by Gasteiger charge is -2.37. The third kappa shape index (κ3) is 10.6. The van der Waals surface area contributed by atoms with Gasteiger partial charge in [-0.3, -0.25) is 23.9 Å². The first-order valence-corrected chi connectivity index (χ1v) is 29.5. The van der Waals surface area contributed by atoms with Crippen LogP contribution in [0.1, 0.15) is 150 Å². The molecular formula is C63H75ClFN9O5. The van der Waals surface area contributed by atoms with E-state index in [9.17, 15) is 23.9 Å². The number of carbonyl (C=O) groups excluding carboxylic acids is 2. The number of nitrogens with one attached hydrogen (secondary N) is 1. The summed E-state index contributed by atoms with van der Waals surface area (Å²) in [6, 6.07) is 25.1. The summed E-state index contributed by atoms with van der Waals surface area (Å²) < 4.78 is 24.3. The van der Waals surface area contributed by atoms with Gasteiger partial charge in [0.15, 0.2) is 0 Å². The molecule has 6 aromatic rings. The van der Waals surface area contributed by atoms with E-state index >= 15 is 0 Å². The van der Waals surface area contributed by atoms with Gasteiger partial charge >= 0.3 is 0 Å². The molecule has 4 atom stereocenters. The number of amides is 2. The van der Waals surface area contributed by atoms with E-state index in [1.54, 1.807) is 27.8 Å². The summed E-state index contributed by atoms with van der Waals surface area (Å²) in [4.78, 5) is 54.2. The second-order valence-electron chi connectivity index (χ2n) is 24.8. The van der Waals surface area contributed by atoms with Crippen molar-refractivity contribution < 1.29 is 23.8 Å². The SMILES string of the molecule is CC(C)(C)[C@@H](C(=O)N1C[C@H](O)C[C@H]1C(=O)N[C@@H](CN1CCOCC1)c1ccc(-c2ccccc2F)cc1)n1cc(C2CCC(CN3CCC(c4ccc5c(c4)-n4c(nc(=O)c6c(Cl)cccc64)C54CCCCC4)CC3)CC2)nn1. The zero-order chi connectivity index (χ0) is 54.6. The van der Waals surface area contributed by atoms with Crippen LogP contribution in [0.2, 0.25) is 5.02 Å². The Labute approximate surface area is 467 Å². The summed E-state index contributed by atoms with van der Waals surface area (Å²) in [6.45, 7) is 12.4. The molecule has 2 N–H and O–H groups in total. The van der Waals surface area contributed by atoms with Crippen LogP contribution < -0.4 is 10.9 Å². The molecule has 16 heteroatoms. The number of fused-ring (bicyclic) bond motifs is 7. The van der Waals surface area contributed by atoms with Gasteiger partial charge in [-0.05, 0) is 128 Å². The Bertz CT molecular complexity index is 3260. The highest BCUT2D eigenvalue weighted by molar-refractivity contribution is 6.35. The average Bonchev–Trinajstić information content (AvgIpc) is 3.95. The van der Waals surface area contributed by atoms with E-state index in [4.69, 9.17) is 26.4 Å². The predicted octanol–water partition coefficient (Wildman–Crippen LogP) is 9.89. The van der Waals surface area contributed by atoms with Gasteiger partial charge in [0.25, 0.3) is 5.56 Å². The van der Waals surface area contributed by atoms with Crippen molar-refractivity contribution in [1.29, 1.82) is 0 Å². The monoisotopic (exact) mass is 1090 g/mol. The number of hydrogen-bond donors (Lipinski definition) is 2. The Kier molecular flexibility index (Phi) is 15.1. The number of morpholine rings is 1. The summed E-state index contributed by atoms with van der Waals surface area (Å²) in [5, 5.41) is 24.7. The molecule has 416 valence electrons. The van der Waals surface area contributed by atoms with Gasteiger partial charge in [-0.25, -0.2) is 9.07 Å². The fraction of sp³-hybridized carbons (Fsp3) is 0.524. The average molecular weight is 1090 g/mol. The van der Waals surface area contributed by atoms with Gasteiger partial charge < -0.3 is 25.0 Å². The molecule has 3 saturated heterocycles. The smallest absolute Gasteiger partial charge is 0.282 e. The number of nitrogens with zero attached hydrogens (tertiary/aromatic N) is 8. The number of aliphatic hydroxyl groups excluding tert-OH is 1. The number of aromatic nitrogens is 5. The van der Waals surface area contributed by atoms with E-state index < -0.39 is 29.6 Å². The van der Waals surface area contributed by atoms with Crippen molar-refractivity contribution in [3.05, 3.63) is 141 Å². The van der Waals surface area contributed by atoms with Gasteiger partial charge in [0.05, 0.1) is 58.1 Å². The lowest BCUT2D eigenvalue weighted by atomic mass is 9.69. The second kappa shape index (κ2) is 22.2. The molecule has 14 nitrogen and oxygen atoms in total. The minimum Gasteiger partial charge on any atom is -0.391 e. The first kappa shape index (κ1) is 53.8. The van der Waals surface area contributed by atoms with Crippen molar-refractivity contribution in [1.82, 2.24) is 44.6 Å². The summed E-state index contributed by atoms with van der Waals surface area (Å²) >= 11 is 6.66. The van der Waals surface area contributed by atoms with Gasteiger partial charge in [0.2, 0.25) is 11.8 Å². The Morgan fingerprint density at radius 1 is 0.873 bits per heavy atom. The van der Waals surface area contributed by atoms with Crippen LogP contribution in [0.25, 0.3) is 27.7 Å². The van der Waals surface area contributed by atoms with Crippen LogP contribution in [-0.2, 0) is 19.7 Å². The molecule has 2 saturated carbocycles. The predicted molar refractivity (Wildman–Crippen MR) is 304 cm³/mol. The van der Waals surface area contributed by atoms with Crippen LogP contribution in [0.15, 0.2) is 95.9 Å². The highest BCUT2D eigenvalue weighted by atomic mass is 35.5. The lowest BCUT2D eigenvalue weighted by Crippen LogP contribution is -2.52. The zero-order valence-corrected chi connectivity index (χ0v) is 46.7. The molecule has 6 aliphatic rings. The third-order valence-corrected chi connectivity index (χ3v) is 19.0. The molecule has 4 aromatic carbocycles. The number of halogens is 2. The summed E-state index contributed by atoms with van der Waals surface area (Å²) in [5.74, 6) is 1.29. The van der Waals surface area contributed by atoms with Crippen LogP contribution in [0.3, 0.4) is 0 Å². The summed E-state index contributed by atoms with van der Waals surface area (Å²) in [6.07, 6.45) is 13.1. The van der Waals surface area contributed by atoms with Crippen molar-refractivity contribution >= 4 is 34.3 Å². The second-order valence-corrected chi connectivity index (χ2v) is 25.2. The van der Waals surface area contributed by atoms with E-state index in [1.807, 2.05) is 69.4 Å². The van der Waals surface area contributed by atoms with Crippen molar-refractivity contribution in [3.8, 4) is 16.8 Å². The molecule has 5 fully saturated rings. The number of likely N-dealkylation sites (tertiary alicyclic amines) is 2.